The fourth-order valence-electron chi connectivity index (χ4n) is 4.97. The van der Waals surface area contributed by atoms with Gasteiger partial charge in [-0.2, -0.15) is 29.5 Å². The normalized spacial score (nSPS) is 14.2. The third kappa shape index (κ3) is 4.57. The second-order valence-electron chi connectivity index (χ2n) is 9.56. The number of alkyl halides is 4. The number of halogens is 4. The summed E-state index contributed by atoms with van der Waals surface area (Å²) in [5, 5.41) is 28.3. The Morgan fingerprint density at radius 3 is 2.32 bits per heavy atom. The zero-order valence-corrected chi connectivity index (χ0v) is 21.9. The van der Waals surface area contributed by atoms with E-state index in [1.807, 2.05) is 0 Å². The maximum absolute atomic E-state index is 13.5. The van der Waals surface area contributed by atoms with Crippen molar-refractivity contribution in [1.29, 1.82) is 10.5 Å². The lowest BCUT2D eigenvalue weighted by Crippen LogP contribution is -2.61. The first-order valence-electron chi connectivity index (χ1n) is 12.1. The number of benzene rings is 2. The summed E-state index contributed by atoms with van der Waals surface area (Å²) in [7, 11) is 4.57. The summed E-state index contributed by atoms with van der Waals surface area (Å²) in [5.41, 5.74) is 0.290. The molecule has 3 heterocycles. The van der Waals surface area contributed by atoms with E-state index < -0.39 is 48.8 Å². The first kappa shape index (κ1) is 27.5. The van der Waals surface area contributed by atoms with E-state index in [-0.39, 0.29) is 16.9 Å². The third-order valence-corrected chi connectivity index (χ3v) is 6.96. The molecule has 210 valence electrons. The predicted octanol–water partition coefficient (Wildman–Crippen LogP) is 4.35. The maximum atomic E-state index is 13.5. The third-order valence-electron chi connectivity index (χ3n) is 6.96. The Kier molecular flexibility index (Phi) is 6.78. The zero-order chi connectivity index (χ0) is 29.6. The molecule has 1 aliphatic rings. The zero-order valence-electron chi connectivity index (χ0n) is 21.9. The van der Waals surface area contributed by atoms with Crippen LogP contribution in [0.25, 0.3) is 33.3 Å². The Hall–Kier alpha value is -5.11. The highest BCUT2D eigenvalue weighted by Gasteiger charge is 2.53. The van der Waals surface area contributed by atoms with E-state index in [1.54, 1.807) is 43.3 Å². The quantitative estimate of drug-likeness (QED) is 0.304. The van der Waals surface area contributed by atoms with Crippen molar-refractivity contribution in [2.24, 2.45) is 19.5 Å². The van der Waals surface area contributed by atoms with Gasteiger partial charge in [-0.05, 0) is 29.8 Å². The van der Waals surface area contributed by atoms with Gasteiger partial charge in [-0.1, -0.05) is 0 Å². The number of nitriles is 2. The molecule has 0 spiro atoms. The second kappa shape index (κ2) is 10.1. The number of fused-ring (bicyclic) bond motifs is 1. The van der Waals surface area contributed by atoms with E-state index in [0.717, 1.165) is 10.5 Å². The topological polar surface area (TPSA) is 122 Å². The van der Waals surface area contributed by atoms with Gasteiger partial charge in [0.1, 0.15) is 17.1 Å². The minimum absolute atomic E-state index is 0.172. The molecular formula is C27H21F4N7O3. The van der Waals surface area contributed by atoms with Crippen LogP contribution in [0.2, 0.25) is 0 Å². The minimum atomic E-state index is -3.34. The van der Waals surface area contributed by atoms with E-state index in [9.17, 15) is 32.9 Å². The summed E-state index contributed by atoms with van der Waals surface area (Å²) in [6.45, 7) is -4.51. The van der Waals surface area contributed by atoms with Crippen molar-refractivity contribution in [3.05, 3.63) is 47.8 Å². The van der Waals surface area contributed by atoms with Gasteiger partial charge in [-0.15, -0.1) is 0 Å². The Balaban J connectivity index is 1.64. The molecule has 2 aromatic carbocycles. The molecule has 2 aromatic heterocycles. The van der Waals surface area contributed by atoms with Crippen LogP contribution in [0.4, 0.5) is 17.6 Å². The van der Waals surface area contributed by atoms with E-state index in [0.29, 0.717) is 22.2 Å². The molecule has 41 heavy (non-hydrogen) atoms. The molecule has 1 fully saturated rings. The number of carbonyl (C=O) groups excluding carboxylic acids is 1. The lowest BCUT2D eigenvalue weighted by molar-refractivity contribution is -0.0610. The van der Waals surface area contributed by atoms with Crippen LogP contribution < -0.4 is 9.47 Å². The molecular weight excluding hydrogens is 546 g/mol. The van der Waals surface area contributed by atoms with Crippen LogP contribution >= 0.6 is 0 Å². The molecule has 0 saturated carbocycles. The van der Waals surface area contributed by atoms with Crippen molar-refractivity contribution in [3.63, 3.8) is 0 Å². The Morgan fingerprint density at radius 2 is 1.76 bits per heavy atom. The molecule has 0 aliphatic carbocycles. The van der Waals surface area contributed by atoms with Gasteiger partial charge in [0.25, 0.3) is 12.3 Å². The molecule has 1 amide bonds. The highest BCUT2D eigenvalue weighted by molar-refractivity contribution is 6.04. The first-order valence-corrected chi connectivity index (χ1v) is 12.1. The molecule has 14 heteroatoms. The van der Waals surface area contributed by atoms with Crippen molar-refractivity contribution in [2.75, 3.05) is 20.2 Å². The summed E-state index contributed by atoms with van der Waals surface area (Å²) >= 11 is 0. The Bertz CT molecular complexity index is 1760. The van der Waals surface area contributed by atoms with Gasteiger partial charge in [0.15, 0.2) is 5.41 Å². The number of amides is 1. The van der Waals surface area contributed by atoms with Crippen molar-refractivity contribution < 1.29 is 31.8 Å². The Morgan fingerprint density at radius 1 is 1.05 bits per heavy atom. The lowest BCUT2D eigenvalue weighted by Gasteiger charge is -2.44. The summed E-state index contributed by atoms with van der Waals surface area (Å²) < 4.78 is 66.9. The van der Waals surface area contributed by atoms with Crippen LogP contribution in [-0.2, 0) is 14.1 Å². The van der Waals surface area contributed by atoms with Crippen LogP contribution in [-0.4, -0.2) is 63.6 Å². The smallest absolute Gasteiger partial charge is 0.387 e. The number of carbonyl (C=O) groups is 1. The molecule has 0 atom stereocenters. The van der Waals surface area contributed by atoms with Crippen molar-refractivity contribution in [1.82, 2.24) is 24.5 Å². The van der Waals surface area contributed by atoms with Crippen LogP contribution in [0.3, 0.4) is 0 Å². The van der Waals surface area contributed by atoms with Gasteiger partial charge >= 0.3 is 6.61 Å². The van der Waals surface area contributed by atoms with Crippen molar-refractivity contribution in [2.45, 2.75) is 13.0 Å². The summed E-state index contributed by atoms with van der Waals surface area (Å²) in [6.07, 6.45) is 0.422. The number of hydrogen-bond acceptors (Lipinski definition) is 7. The van der Waals surface area contributed by atoms with Gasteiger partial charge in [-0.25, -0.2) is 8.78 Å². The highest BCUT2D eigenvalue weighted by atomic mass is 19.3. The largest absolute Gasteiger partial charge is 0.496 e. The van der Waals surface area contributed by atoms with Gasteiger partial charge in [0.2, 0.25) is 0 Å². The van der Waals surface area contributed by atoms with Gasteiger partial charge in [0, 0.05) is 49.9 Å². The fourth-order valence-corrected chi connectivity index (χ4v) is 4.97. The SMILES string of the molecule is COc1cc(-c2c3c(C#N)cc(-c4cnn(C)c4)cc3nn2C)cc(OC(F)F)c1C(=O)N1CC(C#N)(C(F)F)C1. The number of nitrogens with zero attached hydrogens (tertiary/aromatic N) is 7. The molecule has 1 saturated heterocycles. The number of rotatable bonds is 7. The summed E-state index contributed by atoms with van der Waals surface area (Å²) in [6, 6.07) is 9.68. The lowest BCUT2D eigenvalue weighted by atomic mass is 9.81. The molecule has 0 bridgehead atoms. The van der Waals surface area contributed by atoms with Crippen molar-refractivity contribution in [3.8, 4) is 46.0 Å². The van der Waals surface area contributed by atoms with Crippen LogP contribution in [0.15, 0.2) is 36.7 Å². The number of hydrogen-bond donors (Lipinski definition) is 0. The molecule has 4 aromatic rings. The van der Waals surface area contributed by atoms with Crippen LogP contribution in [0.1, 0.15) is 15.9 Å². The molecule has 1 aliphatic heterocycles. The van der Waals surface area contributed by atoms with Gasteiger partial charge in [0.05, 0.1) is 42.2 Å². The van der Waals surface area contributed by atoms with E-state index >= 15 is 0 Å². The number of ether oxygens (including phenoxy) is 2. The Labute approximate surface area is 230 Å². The van der Waals surface area contributed by atoms with E-state index in [1.165, 1.54) is 30.0 Å². The van der Waals surface area contributed by atoms with E-state index in [4.69, 9.17) is 9.47 Å². The molecule has 10 nitrogen and oxygen atoms in total. The fraction of sp³-hybridized carbons (Fsp3) is 0.296. The average Bonchev–Trinajstić information content (AvgIpc) is 3.48. The first-order chi connectivity index (χ1) is 19.5. The van der Waals surface area contributed by atoms with Crippen LogP contribution in [0.5, 0.6) is 11.5 Å². The second-order valence-corrected chi connectivity index (χ2v) is 9.56. The molecule has 0 unspecified atom stereocenters. The monoisotopic (exact) mass is 567 g/mol. The molecule has 0 radical (unpaired) electrons. The van der Waals surface area contributed by atoms with Gasteiger partial charge in [-0.3, -0.25) is 14.2 Å². The summed E-state index contributed by atoms with van der Waals surface area (Å²) in [5.74, 6) is -1.65. The number of aromatic nitrogens is 4. The predicted molar refractivity (Wildman–Crippen MR) is 136 cm³/mol. The number of methoxy groups -OCH3 is 1. The number of likely N-dealkylation sites (tertiary alicyclic amines) is 1. The number of aryl methyl sites for hydroxylation is 2. The standard InChI is InChI=1S/C27H21F4N7O3/c1-36-10-17(9-34-36)14-4-16(8-32)21-18(5-14)35-37(2)23(21)15-6-19(40-3)22(20(7-15)41-26(30)31)24(39)38-12-27(11-33,13-38)25(28)29/h4-7,9-10,25-26H,12-13H2,1-3H3. The summed E-state index contributed by atoms with van der Waals surface area (Å²) in [4.78, 5) is 14.2. The molecule has 5 rings (SSSR count). The van der Waals surface area contributed by atoms with Gasteiger partial charge < -0.3 is 14.4 Å². The molecule has 0 N–H and O–H groups in total. The minimum Gasteiger partial charge on any atom is -0.496 e. The maximum Gasteiger partial charge on any atom is 0.387 e. The highest BCUT2D eigenvalue weighted by Crippen LogP contribution is 2.43. The van der Waals surface area contributed by atoms with Crippen molar-refractivity contribution >= 4 is 16.8 Å². The van der Waals surface area contributed by atoms with Crippen LogP contribution in [0, 0.1) is 28.1 Å². The van der Waals surface area contributed by atoms with E-state index in [2.05, 4.69) is 16.3 Å². The average molecular weight is 568 g/mol.